The molecule has 1 fully saturated rings. The number of nitrogens with one attached hydrogen (secondary N) is 2. The SMILES string of the molecule is CCOc1ccccc1-c1ccc(S(=O)(=O)Nc2ccc(OC)c(N3C[C@@H](C)N[C@@H](C)C3)c2)s1. The van der Waals surface area contributed by atoms with Gasteiger partial charge in [-0.3, -0.25) is 4.72 Å². The van der Waals surface area contributed by atoms with Gasteiger partial charge in [-0.05, 0) is 63.2 Å². The number of benzene rings is 2. The zero-order valence-electron chi connectivity index (χ0n) is 19.9. The standard InChI is InChI=1S/C25H31N3O4S2/c1-5-32-22-9-7-6-8-20(22)24-12-13-25(33-24)34(29,30)27-19-10-11-23(31-4)21(14-19)28-15-17(2)26-18(3)16-28/h6-14,17-18,26-27H,5,15-16H2,1-4H3/t17-,18+. The quantitative estimate of drug-likeness (QED) is 0.461. The summed E-state index contributed by atoms with van der Waals surface area (Å²) in [7, 11) is -2.13. The van der Waals surface area contributed by atoms with Gasteiger partial charge in [-0.1, -0.05) is 12.1 Å². The minimum Gasteiger partial charge on any atom is -0.495 e. The summed E-state index contributed by atoms with van der Waals surface area (Å²) in [6.45, 7) is 8.36. The van der Waals surface area contributed by atoms with Crippen molar-refractivity contribution >= 4 is 32.7 Å². The van der Waals surface area contributed by atoms with E-state index in [2.05, 4.69) is 28.8 Å². The number of nitrogens with zero attached hydrogens (tertiary/aromatic N) is 1. The van der Waals surface area contributed by atoms with Gasteiger partial charge in [0.25, 0.3) is 10.0 Å². The lowest BCUT2D eigenvalue weighted by Crippen LogP contribution is -2.54. The maximum atomic E-state index is 13.2. The molecule has 0 radical (unpaired) electrons. The number of sulfonamides is 1. The second-order valence-corrected chi connectivity index (χ2v) is 11.4. The highest BCUT2D eigenvalue weighted by atomic mass is 32.2. The third-order valence-corrected chi connectivity index (χ3v) is 8.62. The molecule has 0 saturated carbocycles. The van der Waals surface area contributed by atoms with Crippen LogP contribution in [0.2, 0.25) is 0 Å². The third kappa shape index (κ3) is 5.32. The molecule has 7 nitrogen and oxygen atoms in total. The van der Waals surface area contributed by atoms with Crippen LogP contribution in [0.15, 0.2) is 58.8 Å². The molecule has 0 aliphatic carbocycles. The van der Waals surface area contributed by atoms with Crippen LogP contribution in [-0.4, -0.2) is 47.3 Å². The normalized spacial score (nSPS) is 18.5. The number of ether oxygens (including phenoxy) is 2. The van der Waals surface area contributed by atoms with Gasteiger partial charge in [0.15, 0.2) is 0 Å². The molecule has 2 N–H and O–H groups in total. The number of anilines is 2. The number of piperazine rings is 1. The van der Waals surface area contributed by atoms with Gasteiger partial charge < -0.3 is 19.7 Å². The first-order valence-electron chi connectivity index (χ1n) is 11.3. The molecular formula is C25H31N3O4S2. The molecule has 1 saturated heterocycles. The predicted molar refractivity (Wildman–Crippen MR) is 139 cm³/mol. The topological polar surface area (TPSA) is 79.9 Å². The number of methoxy groups -OCH3 is 1. The van der Waals surface area contributed by atoms with Crippen LogP contribution in [0, 0.1) is 0 Å². The molecule has 2 atom stereocenters. The maximum Gasteiger partial charge on any atom is 0.271 e. The molecule has 0 spiro atoms. The first-order valence-corrected chi connectivity index (χ1v) is 13.6. The van der Waals surface area contributed by atoms with Crippen molar-refractivity contribution in [3.63, 3.8) is 0 Å². The molecule has 34 heavy (non-hydrogen) atoms. The number of hydrogen-bond acceptors (Lipinski definition) is 7. The van der Waals surface area contributed by atoms with E-state index in [1.54, 1.807) is 19.2 Å². The van der Waals surface area contributed by atoms with Crippen LogP contribution in [0.25, 0.3) is 10.4 Å². The molecule has 182 valence electrons. The van der Waals surface area contributed by atoms with Crippen LogP contribution in [0.3, 0.4) is 0 Å². The molecule has 2 heterocycles. The summed E-state index contributed by atoms with van der Waals surface area (Å²) in [6.07, 6.45) is 0. The smallest absolute Gasteiger partial charge is 0.271 e. The number of thiophene rings is 1. The molecule has 1 aliphatic heterocycles. The summed E-state index contributed by atoms with van der Waals surface area (Å²) in [5.41, 5.74) is 2.25. The van der Waals surface area contributed by atoms with E-state index in [4.69, 9.17) is 9.47 Å². The molecule has 3 aromatic rings. The van der Waals surface area contributed by atoms with Gasteiger partial charge in [0.1, 0.15) is 15.7 Å². The van der Waals surface area contributed by atoms with Crippen LogP contribution < -0.4 is 24.4 Å². The Morgan fingerprint density at radius 3 is 2.50 bits per heavy atom. The highest BCUT2D eigenvalue weighted by molar-refractivity contribution is 7.94. The molecule has 4 rings (SSSR count). The lowest BCUT2D eigenvalue weighted by molar-refractivity contribution is 0.341. The van der Waals surface area contributed by atoms with Crippen molar-refractivity contribution in [2.75, 3.05) is 36.4 Å². The lowest BCUT2D eigenvalue weighted by Gasteiger charge is -2.38. The minimum atomic E-state index is -3.76. The molecular weight excluding hydrogens is 470 g/mol. The van der Waals surface area contributed by atoms with E-state index in [0.29, 0.717) is 24.4 Å². The maximum absolute atomic E-state index is 13.2. The summed E-state index contributed by atoms with van der Waals surface area (Å²) < 4.78 is 40.7. The van der Waals surface area contributed by atoms with Crippen molar-refractivity contribution in [3.8, 4) is 21.9 Å². The van der Waals surface area contributed by atoms with E-state index < -0.39 is 10.0 Å². The van der Waals surface area contributed by atoms with Crippen molar-refractivity contribution in [1.29, 1.82) is 0 Å². The summed E-state index contributed by atoms with van der Waals surface area (Å²) in [5, 5.41) is 3.52. The van der Waals surface area contributed by atoms with E-state index >= 15 is 0 Å². The summed E-state index contributed by atoms with van der Waals surface area (Å²) >= 11 is 1.22. The zero-order valence-corrected chi connectivity index (χ0v) is 21.5. The van der Waals surface area contributed by atoms with Gasteiger partial charge in [0.05, 0.1) is 25.1 Å². The summed E-state index contributed by atoms with van der Waals surface area (Å²) in [4.78, 5) is 3.07. The first-order chi connectivity index (χ1) is 16.3. The van der Waals surface area contributed by atoms with E-state index in [-0.39, 0.29) is 4.21 Å². The predicted octanol–water partition coefficient (Wildman–Crippen LogP) is 4.81. The number of rotatable bonds is 8. The summed E-state index contributed by atoms with van der Waals surface area (Å²) in [6, 6.07) is 17.1. The van der Waals surface area contributed by atoms with Crippen LogP contribution >= 0.6 is 11.3 Å². The second-order valence-electron chi connectivity index (χ2n) is 8.41. The van der Waals surface area contributed by atoms with Crippen LogP contribution in [-0.2, 0) is 10.0 Å². The molecule has 0 amide bonds. The monoisotopic (exact) mass is 501 g/mol. The van der Waals surface area contributed by atoms with Gasteiger partial charge in [0.2, 0.25) is 0 Å². The largest absolute Gasteiger partial charge is 0.495 e. The fourth-order valence-corrected chi connectivity index (χ4v) is 6.68. The molecule has 0 unspecified atom stereocenters. The highest BCUT2D eigenvalue weighted by Gasteiger charge is 2.25. The Labute approximate surface area is 205 Å². The van der Waals surface area contributed by atoms with Crippen LogP contribution in [0.5, 0.6) is 11.5 Å². The molecule has 1 aliphatic rings. The molecule has 1 aromatic heterocycles. The van der Waals surface area contributed by atoms with Gasteiger partial charge in [0, 0.05) is 35.6 Å². The van der Waals surface area contributed by atoms with Gasteiger partial charge >= 0.3 is 0 Å². The Balaban J connectivity index is 1.60. The molecule has 0 bridgehead atoms. The average Bonchev–Trinajstić information content (AvgIpc) is 3.30. The van der Waals surface area contributed by atoms with Crippen LogP contribution in [0.1, 0.15) is 20.8 Å². The average molecular weight is 502 g/mol. The summed E-state index contributed by atoms with van der Waals surface area (Å²) in [5.74, 6) is 1.46. The van der Waals surface area contributed by atoms with Crippen molar-refractivity contribution in [1.82, 2.24) is 5.32 Å². The van der Waals surface area contributed by atoms with Crippen LogP contribution in [0.4, 0.5) is 11.4 Å². The van der Waals surface area contributed by atoms with E-state index in [1.807, 2.05) is 49.4 Å². The van der Waals surface area contributed by atoms with Gasteiger partial charge in [-0.25, -0.2) is 8.42 Å². The molecule has 9 heteroatoms. The van der Waals surface area contributed by atoms with Crippen molar-refractivity contribution < 1.29 is 17.9 Å². The van der Waals surface area contributed by atoms with Crippen molar-refractivity contribution in [3.05, 3.63) is 54.6 Å². The van der Waals surface area contributed by atoms with E-state index in [0.717, 1.165) is 40.7 Å². The fraction of sp³-hybridized carbons (Fsp3) is 0.360. The minimum absolute atomic E-state index is 0.246. The third-order valence-electron chi connectivity index (χ3n) is 5.63. The van der Waals surface area contributed by atoms with Gasteiger partial charge in [-0.15, -0.1) is 11.3 Å². The molecule has 2 aromatic carbocycles. The number of para-hydroxylation sites is 1. The van der Waals surface area contributed by atoms with E-state index in [1.165, 1.54) is 11.3 Å². The number of hydrogen-bond donors (Lipinski definition) is 2. The Kier molecular flexibility index (Phi) is 7.35. The Morgan fingerprint density at radius 1 is 1.06 bits per heavy atom. The van der Waals surface area contributed by atoms with Crippen molar-refractivity contribution in [2.45, 2.75) is 37.1 Å². The van der Waals surface area contributed by atoms with Crippen molar-refractivity contribution in [2.24, 2.45) is 0 Å². The Bertz CT molecular complexity index is 1230. The van der Waals surface area contributed by atoms with Gasteiger partial charge in [-0.2, -0.15) is 0 Å². The fourth-order valence-electron chi connectivity index (χ4n) is 4.29. The first kappa shape index (κ1) is 24.4. The second kappa shape index (κ2) is 10.2. The zero-order chi connectivity index (χ0) is 24.3. The lowest BCUT2D eigenvalue weighted by atomic mass is 10.1. The highest BCUT2D eigenvalue weighted by Crippen LogP contribution is 2.38. The Hall–Kier alpha value is -2.75. The van der Waals surface area contributed by atoms with E-state index in [9.17, 15) is 8.42 Å². The Morgan fingerprint density at radius 2 is 1.79 bits per heavy atom.